The summed E-state index contributed by atoms with van der Waals surface area (Å²) in [5, 5.41) is 0. The van der Waals surface area contributed by atoms with E-state index in [1.165, 1.54) is 5.56 Å². The Hall–Kier alpha value is -3.02. The smallest absolute Gasteiger partial charge is 0.276 e. The molecular formula is C24H32N2O4. The number of carbonyl (C=O) groups is 2. The average molecular weight is 413 g/mol. The van der Waals surface area contributed by atoms with Crippen LogP contribution in [0.2, 0.25) is 0 Å². The molecule has 0 saturated heterocycles. The number of nitrogens with one attached hydrogen (secondary N) is 2. The SMILES string of the molecule is CCCCCOc1ccc(C(=O)NNC(=O)COc2ccc([C@@H](C)CC)cc2)cc1. The summed E-state index contributed by atoms with van der Waals surface area (Å²) in [7, 11) is 0. The Morgan fingerprint density at radius 1 is 0.867 bits per heavy atom. The first kappa shape index (κ1) is 23.3. The van der Waals surface area contributed by atoms with Gasteiger partial charge in [0.25, 0.3) is 11.8 Å². The van der Waals surface area contributed by atoms with Crippen LogP contribution >= 0.6 is 0 Å². The van der Waals surface area contributed by atoms with Gasteiger partial charge < -0.3 is 9.47 Å². The first-order valence-electron chi connectivity index (χ1n) is 10.6. The molecule has 2 aromatic carbocycles. The van der Waals surface area contributed by atoms with Crippen LogP contribution in [0.15, 0.2) is 48.5 Å². The van der Waals surface area contributed by atoms with Crippen LogP contribution in [0.5, 0.6) is 11.5 Å². The molecule has 6 nitrogen and oxygen atoms in total. The van der Waals surface area contributed by atoms with Gasteiger partial charge in [-0.25, -0.2) is 0 Å². The lowest BCUT2D eigenvalue weighted by Crippen LogP contribution is -2.43. The van der Waals surface area contributed by atoms with Gasteiger partial charge in [-0.05, 0) is 60.7 Å². The third kappa shape index (κ3) is 7.78. The number of rotatable bonds is 11. The van der Waals surface area contributed by atoms with Gasteiger partial charge in [-0.2, -0.15) is 0 Å². The lowest BCUT2D eigenvalue weighted by Gasteiger charge is -2.11. The molecule has 2 amide bonds. The third-order valence-electron chi connectivity index (χ3n) is 4.88. The van der Waals surface area contributed by atoms with E-state index in [-0.39, 0.29) is 6.61 Å². The molecule has 0 bridgehead atoms. The first-order chi connectivity index (χ1) is 14.5. The van der Waals surface area contributed by atoms with E-state index in [2.05, 4.69) is 31.6 Å². The minimum absolute atomic E-state index is 0.187. The zero-order valence-electron chi connectivity index (χ0n) is 18.1. The van der Waals surface area contributed by atoms with Crippen molar-refractivity contribution in [2.75, 3.05) is 13.2 Å². The van der Waals surface area contributed by atoms with Crippen molar-refractivity contribution in [1.29, 1.82) is 0 Å². The van der Waals surface area contributed by atoms with Gasteiger partial charge in [0.05, 0.1) is 6.61 Å². The number of carbonyl (C=O) groups excluding carboxylic acids is 2. The van der Waals surface area contributed by atoms with Crippen LogP contribution in [0, 0.1) is 0 Å². The van der Waals surface area contributed by atoms with Crippen LogP contribution in [-0.4, -0.2) is 25.0 Å². The fourth-order valence-corrected chi connectivity index (χ4v) is 2.76. The second-order valence-electron chi connectivity index (χ2n) is 7.25. The molecule has 0 saturated carbocycles. The van der Waals surface area contributed by atoms with Crippen molar-refractivity contribution >= 4 is 11.8 Å². The maximum absolute atomic E-state index is 12.2. The fraction of sp³-hybridized carbons (Fsp3) is 0.417. The first-order valence-corrected chi connectivity index (χ1v) is 10.6. The Morgan fingerprint density at radius 3 is 2.13 bits per heavy atom. The number of ether oxygens (including phenoxy) is 2. The summed E-state index contributed by atoms with van der Waals surface area (Å²) in [6.45, 7) is 6.93. The van der Waals surface area contributed by atoms with Gasteiger partial charge >= 0.3 is 0 Å². The second-order valence-corrected chi connectivity index (χ2v) is 7.25. The Bertz CT molecular complexity index is 788. The molecule has 6 heteroatoms. The van der Waals surface area contributed by atoms with Crippen molar-refractivity contribution in [3.63, 3.8) is 0 Å². The van der Waals surface area contributed by atoms with E-state index in [4.69, 9.17) is 9.47 Å². The minimum atomic E-state index is -0.440. The van der Waals surface area contributed by atoms with Gasteiger partial charge in [0.1, 0.15) is 11.5 Å². The zero-order valence-corrected chi connectivity index (χ0v) is 18.1. The molecule has 0 fully saturated rings. The largest absolute Gasteiger partial charge is 0.494 e. The Balaban J connectivity index is 1.71. The van der Waals surface area contributed by atoms with Crippen molar-refractivity contribution in [1.82, 2.24) is 10.9 Å². The summed E-state index contributed by atoms with van der Waals surface area (Å²) in [5.41, 5.74) is 6.41. The van der Waals surface area contributed by atoms with Gasteiger partial charge in [0, 0.05) is 5.56 Å². The van der Waals surface area contributed by atoms with Crippen molar-refractivity contribution in [2.24, 2.45) is 0 Å². The fourth-order valence-electron chi connectivity index (χ4n) is 2.76. The molecule has 0 spiro atoms. The van der Waals surface area contributed by atoms with Crippen molar-refractivity contribution < 1.29 is 19.1 Å². The van der Waals surface area contributed by atoms with Gasteiger partial charge in [-0.15, -0.1) is 0 Å². The topological polar surface area (TPSA) is 76.7 Å². The molecule has 162 valence electrons. The van der Waals surface area contributed by atoms with Crippen LogP contribution < -0.4 is 20.3 Å². The minimum Gasteiger partial charge on any atom is -0.494 e. The molecule has 0 heterocycles. The zero-order chi connectivity index (χ0) is 21.8. The second kappa shape index (κ2) is 12.5. The number of amides is 2. The maximum atomic E-state index is 12.2. The molecule has 0 radical (unpaired) electrons. The summed E-state index contributed by atoms with van der Waals surface area (Å²) in [4.78, 5) is 24.1. The van der Waals surface area contributed by atoms with E-state index in [9.17, 15) is 9.59 Å². The Morgan fingerprint density at radius 2 is 1.50 bits per heavy atom. The summed E-state index contributed by atoms with van der Waals surface area (Å²) >= 11 is 0. The molecular weight excluding hydrogens is 380 g/mol. The van der Waals surface area contributed by atoms with E-state index in [0.717, 1.165) is 31.4 Å². The van der Waals surface area contributed by atoms with Gasteiger partial charge in [-0.3, -0.25) is 20.4 Å². The van der Waals surface area contributed by atoms with Gasteiger partial charge in [0.15, 0.2) is 6.61 Å². The van der Waals surface area contributed by atoms with Gasteiger partial charge in [-0.1, -0.05) is 45.7 Å². The third-order valence-corrected chi connectivity index (χ3v) is 4.88. The predicted molar refractivity (Wildman–Crippen MR) is 118 cm³/mol. The Labute approximate surface area is 178 Å². The number of unbranched alkanes of at least 4 members (excludes halogenated alkanes) is 2. The predicted octanol–water partition coefficient (Wildman–Crippen LogP) is 4.61. The average Bonchev–Trinajstić information content (AvgIpc) is 2.79. The lowest BCUT2D eigenvalue weighted by molar-refractivity contribution is -0.123. The highest BCUT2D eigenvalue weighted by Crippen LogP contribution is 2.21. The summed E-state index contributed by atoms with van der Waals surface area (Å²) in [6, 6.07) is 14.5. The van der Waals surface area contributed by atoms with Crippen molar-refractivity contribution in [3.8, 4) is 11.5 Å². The maximum Gasteiger partial charge on any atom is 0.276 e. The highest BCUT2D eigenvalue weighted by atomic mass is 16.5. The molecule has 2 N–H and O–H groups in total. The van der Waals surface area contributed by atoms with Crippen LogP contribution in [0.25, 0.3) is 0 Å². The highest BCUT2D eigenvalue weighted by molar-refractivity contribution is 5.95. The normalized spacial score (nSPS) is 11.4. The quantitative estimate of drug-likeness (QED) is 0.417. The summed E-state index contributed by atoms with van der Waals surface area (Å²) in [6.07, 6.45) is 4.35. The lowest BCUT2D eigenvalue weighted by atomic mass is 9.99. The number of hydrogen-bond acceptors (Lipinski definition) is 4. The number of hydrogen-bond donors (Lipinski definition) is 2. The van der Waals surface area contributed by atoms with Crippen LogP contribution in [-0.2, 0) is 4.79 Å². The summed E-state index contributed by atoms with van der Waals surface area (Å²) in [5.74, 6) is 0.973. The van der Waals surface area contributed by atoms with Crippen LogP contribution in [0.1, 0.15) is 68.3 Å². The molecule has 0 aromatic heterocycles. The number of hydrazine groups is 1. The molecule has 30 heavy (non-hydrogen) atoms. The van der Waals surface area contributed by atoms with Gasteiger partial charge in [0.2, 0.25) is 0 Å². The standard InChI is InChI=1S/C24H32N2O4/c1-4-6-7-16-29-21-14-10-20(11-15-21)24(28)26-25-23(27)17-30-22-12-8-19(9-13-22)18(3)5-2/h8-15,18H,4-7,16-17H2,1-3H3,(H,25,27)(H,26,28)/t18-/m0/s1. The van der Waals surface area contributed by atoms with Crippen molar-refractivity contribution in [3.05, 3.63) is 59.7 Å². The van der Waals surface area contributed by atoms with Crippen molar-refractivity contribution in [2.45, 2.75) is 52.4 Å². The van der Waals surface area contributed by atoms with E-state index in [1.807, 2.05) is 24.3 Å². The van der Waals surface area contributed by atoms with E-state index in [0.29, 0.717) is 23.8 Å². The molecule has 0 aliphatic heterocycles. The molecule has 0 aliphatic rings. The van der Waals surface area contributed by atoms with Crippen LogP contribution in [0.3, 0.4) is 0 Å². The number of benzene rings is 2. The molecule has 1 atom stereocenters. The monoisotopic (exact) mass is 412 g/mol. The molecule has 0 aliphatic carbocycles. The van der Waals surface area contributed by atoms with E-state index in [1.54, 1.807) is 24.3 Å². The molecule has 2 aromatic rings. The van der Waals surface area contributed by atoms with E-state index >= 15 is 0 Å². The van der Waals surface area contributed by atoms with Crippen LogP contribution in [0.4, 0.5) is 0 Å². The highest BCUT2D eigenvalue weighted by Gasteiger charge is 2.09. The summed E-state index contributed by atoms with van der Waals surface area (Å²) < 4.78 is 11.1. The van der Waals surface area contributed by atoms with E-state index < -0.39 is 11.8 Å². The molecule has 2 rings (SSSR count). The Kier molecular flexibility index (Phi) is 9.71. The molecule has 0 unspecified atom stereocenters.